The molecule has 1 saturated heterocycles. The second kappa shape index (κ2) is 10.0. The number of anilines is 2. The number of benzene rings is 2. The Hall–Kier alpha value is -3.10. The maximum atomic E-state index is 12.1. The smallest absolute Gasteiger partial charge is 0.219 e. The summed E-state index contributed by atoms with van der Waals surface area (Å²) in [7, 11) is 0. The first kappa shape index (κ1) is 22.1. The van der Waals surface area contributed by atoms with Crippen LogP contribution in [0, 0.1) is 0 Å². The molecular weight excluding hydrogens is 424 g/mol. The quantitative estimate of drug-likeness (QED) is 0.540. The number of aromatic nitrogens is 2. The predicted molar refractivity (Wildman–Crippen MR) is 125 cm³/mol. The van der Waals surface area contributed by atoms with Gasteiger partial charge >= 0.3 is 0 Å². The fourth-order valence-corrected chi connectivity index (χ4v) is 4.49. The Kier molecular flexibility index (Phi) is 6.92. The highest BCUT2D eigenvalue weighted by atomic mass is 32.2. The largest absolute Gasteiger partial charge is 0.612 e. The van der Waals surface area contributed by atoms with Crippen molar-refractivity contribution >= 4 is 28.6 Å². The first-order valence-corrected chi connectivity index (χ1v) is 12.1. The molecule has 2 aromatic carbocycles. The maximum absolute atomic E-state index is 12.1. The Bertz CT molecular complexity index is 1060. The molecule has 2 heterocycles. The second-order valence-electron chi connectivity index (χ2n) is 7.78. The Labute approximate surface area is 191 Å². The third-order valence-electron chi connectivity index (χ3n) is 5.52. The molecule has 0 aliphatic carbocycles. The number of nitrogens with zero attached hydrogens (tertiary/aromatic N) is 3. The van der Waals surface area contributed by atoms with Crippen molar-refractivity contribution in [1.82, 2.24) is 14.9 Å². The van der Waals surface area contributed by atoms with Crippen molar-refractivity contribution in [3.8, 4) is 11.5 Å². The van der Waals surface area contributed by atoms with Crippen molar-refractivity contribution in [2.45, 2.75) is 37.1 Å². The van der Waals surface area contributed by atoms with Crippen molar-refractivity contribution in [1.29, 1.82) is 0 Å². The Morgan fingerprint density at radius 3 is 2.75 bits per heavy atom. The molecule has 0 bridgehead atoms. The monoisotopic (exact) mass is 450 g/mol. The zero-order valence-electron chi connectivity index (χ0n) is 18.2. The van der Waals surface area contributed by atoms with E-state index in [-0.39, 0.29) is 11.9 Å². The molecule has 1 fully saturated rings. The standard InChI is InChI=1S/C24H26N4O3S/c1-17(29)28-13-3-4-20(28)15-18-14-19(27-24-16-25-11-12-26-24)5-10-23(18)31-21-6-8-22(9-7-21)32(2)30/h5-12,14,16,20H,3-4,13,15H2,1-2H3,(H,26,27). The number of amides is 1. The molecule has 7 nitrogen and oxygen atoms in total. The summed E-state index contributed by atoms with van der Waals surface area (Å²) < 4.78 is 17.9. The Morgan fingerprint density at radius 1 is 1.25 bits per heavy atom. The molecule has 0 radical (unpaired) electrons. The molecular formula is C24H26N4O3S. The summed E-state index contributed by atoms with van der Waals surface area (Å²) in [5.41, 5.74) is 1.87. The van der Waals surface area contributed by atoms with Crippen LogP contribution < -0.4 is 10.1 Å². The van der Waals surface area contributed by atoms with Gasteiger partial charge in [-0.3, -0.25) is 9.78 Å². The zero-order chi connectivity index (χ0) is 22.5. The zero-order valence-corrected chi connectivity index (χ0v) is 19.0. The molecule has 0 saturated carbocycles. The minimum Gasteiger partial charge on any atom is -0.612 e. The number of hydrogen-bond acceptors (Lipinski definition) is 6. The van der Waals surface area contributed by atoms with Crippen LogP contribution in [0.15, 0.2) is 66.0 Å². The predicted octanol–water partition coefficient (Wildman–Crippen LogP) is 4.30. The van der Waals surface area contributed by atoms with Gasteiger partial charge in [0.25, 0.3) is 0 Å². The van der Waals surface area contributed by atoms with Crippen molar-refractivity contribution in [3.05, 3.63) is 66.6 Å². The molecule has 8 heteroatoms. The molecule has 32 heavy (non-hydrogen) atoms. The van der Waals surface area contributed by atoms with E-state index < -0.39 is 11.2 Å². The van der Waals surface area contributed by atoms with E-state index in [0.29, 0.717) is 18.0 Å². The number of ether oxygens (including phenoxy) is 1. The lowest BCUT2D eigenvalue weighted by atomic mass is 10.0. The summed E-state index contributed by atoms with van der Waals surface area (Å²) in [6.07, 6.45) is 9.25. The number of likely N-dealkylation sites (tertiary alicyclic amines) is 1. The van der Waals surface area contributed by atoms with E-state index in [1.54, 1.807) is 31.8 Å². The van der Waals surface area contributed by atoms with Gasteiger partial charge in [-0.25, -0.2) is 4.98 Å². The van der Waals surface area contributed by atoms with E-state index in [0.717, 1.165) is 41.3 Å². The van der Waals surface area contributed by atoms with Gasteiger partial charge in [-0.2, -0.15) is 0 Å². The average Bonchev–Trinajstić information content (AvgIpc) is 3.25. The number of nitrogens with one attached hydrogen (secondary N) is 1. The van der Waals surface area contributed by atoms with Crippen LogP contribution in [0.5, 0.6) is 11.5 Å². The lowest BCUT2D eigenvalue weighted by Gasteiger charge is -2.24. The highest BCUT2D eigenvalue weighted by molar-refractivity contribution is 7.90. The third-order valence-corrected chi connectivity index (χ3v) is 6.45. The average molecular weight is 451 g/mol. The number of carbonyl (C=O) groups is 1. The van der Waals surface area contributed by atoms with Crippen LogP contribution in [0.4, 0.5) is 11.5 Å². The van der Waals surface area contributed by atoms with Gasteiger partial charge in [0.2, 0.25) is 5.91 Å². The molecule has 166 valence electrons. The van der Waals surface area contributed by atoms with Crippen molar-refractivity contribution in [2.75, 3.05) is 18.1 Å². The lowest BCUT2D eigenvalue weighted by molar-refractivity contribution is -0.129. The molecule has 1 amide bonds. The van der Waals surface area contributed by atoms with Gasteiger partial charge < -0.3 is 19.5 Å². The summed E-state index contributed by atoms with van der Waals surface area (Å²) in [4.78, 5) is 23.1. The molecule has 1 N–H and O–H groups in total. The Balaban J connectivity index is 1.61. The maximum Gasteiger partial charge on any atom is 0.219 e. The molecule has 2 atom stereocenters. The van der Waals surface area contributed by atoms with Gasteiger partial charge in [0.1, 0.15) is 23.6 Å². The Morgan fingerprint density at radius 2 is 2.06 bits per heavy atom. The van der Waals surface area contributed by atoms with Crippen LogP contribution in [-0.4, -0.2) is 44.2 Å². The van der Waals surface area contributed by atoms with Crippen LogP contribution >= 0.6 is 0 Å². The number of hydrogen-bond donors (Lipinski definition) is 1. The minimum atomic E-state index is -1.03. The summed E-state index contributed by atoms with van der Waals surface area (Å²) in [6, 6.07) is 13.3. The van der Waals surface area contributed by atoms with Crippen molar-refractivity contribution in [2.24, 2.45) is 0 Å². The molecule has 1 aromatic heterocycles. The molecule has 2 unspecified atom stereocenters. The normalized spacial score (nSPS) is 16.6. The van der Waals surface area contributed by atoms with E-state index in [9.17, 15) is 9.35 Å². The molecule has 1 aliphatic heterocycles. The molecule has 4 rings (SSSR count). The van der Waals surface area contributed by atoms with Gasteiger partial charge in [-0.1, -0.05) is 0 Å². The van der Waals surface area contributed by atoms with Gasteiger partial charge in [-0.05, 0) is 78.5 Å². The van der Waals surface area contributed by atoms with E-state index >= 15 is 0 Å². The third kappa shape index (κ3) is 5.38. The lowest BCUT2D eigenvalue weighted by Crippen LogP contribution is -2.35. The van der Waals surface area contributed by atoms with E-state index in [1.807, 2.05) is 47.4 Å². The molecule has 0 spiro atoms. The number of rotatable bonds is 7. The van der Waals surface area contributed by atoms with Gasteiger partial charge in [0.15, 0.2) is 4.90 Å². The van der Waals surface area contributed by atoms with Gasteiger partial charge in [-0.15, -0.1) is 0 Å². The topological polar surface area (TPSA) is 90.4 Å². The molecule has 1 aliphatic rings. The van der Waals surface area contributed by atoms with Crippen LogP contribution in [0.1, 0.15) is 25.3 Å². The van der Waals surface area contributed by atoms with Crippen LogP contribution in [-0.2, 0) is 22.4 Å². The summed E-state index contributed by atoms with van der Waals surface area (Å²) in [6.45, 7) is 2.42. The van der Waals surface area contributed by atoms with Crippen molar-refractivity contribution in [3.63, 3.8) is 0 Å². The fourth-order valence-electron chi connectivity index (χ4n) is 3.97. The SMILES string of the molecule is CC(=O)N1CCCC1Cc1cc(Nc2cnccn2)ccc1Oc1ccc([S+](C)[O-])cc1. The van der Waals surface area contributed by atoms with Crippen LogP contribution in [0.3, 0.4) is 0 Å². The fraction of sp³-hybridized carbons (Fsp3) is 0.292. The summed E-state index contributed by atoms with van der Waals surface area (Å²) in [5.74, 6) is 2.16. The van der Waals surface area contributed by atoms with E-state index in [1.165, 1.54) is 0 Å². The first-order chi connectivity index (χ1) is 15.5. The van der Waals surface area contributed by atoms with E-state index in [2.05, 4.69) is 15.3 Å². The van der Waals surface area contributed by atoms with Crippen molar-refractivity contribution < 1.29 is 14.1 Å². The molecule has 3 aromatic rings. The summed E-state index contributed by atoms with van der Waals surface area (Å²) in [5, 5.41) is 3.27. The van der Waals surface area contributed by atoms with E-state index in [4.69, 9.17) is 4.74 Å². The highest BCUT2D eigenvalue weighted by Gasteiger charge is 2.27. The first-order valence-electron chi connectivity index (χ1n) is 10.5. The highest BCUT2D eigenvalue weighted by Crippen LogP contribution is 2.32. The number of carbonyl (C=O) groups excluding carboxylic acids is 1. The summed E-state index contributed by atoms with van der Waals surface area (Å²) >= 11 is -1.03. The minimum absolute atomic E-state index is 0.104. The van der Waals surface area contributed by atoms with Gasteiger partial charge in [0, 0.05) is 37.6 Å². The van der Waals surface area contributed by atoms with Crippen LogP contribution in [0.25, 0.3) is 0 Å². The van der Waals surface area contributed by atoms with Crippen LogP contribution in [0.2, 0.25) is 0 Å². The van der Waals surface area contributed by atoms with Gasteiger partial charge in [0.05, 0.1) is 6.20 Å². The second-order valence-corrected chi connectivity index (χ2v) is 9.16.